The Morgan fingerprint density at radius 1 is 0.327 bits per heavy atom. The van der Waals surface area contributed by atoms with E-state index in [9.17, 15) is 0 Å². The first-order valence-corrected chi connectivity index (χ1v) is 17.4. The molecular formula is C46H28N2S. The maximum atomic E-state index is 4.73. The first kappa shape index (κ1) is 27.9. The van der Waals surface area contributed by atoms with Crippen molar-refractivity contribution >= 4 is 64.1 Å². The number of nitrogens with zero attached hydrogens (tertiary/aromatic N) is 2. The molecule has 0 aliphatic heterocycles. The molecule has 3 heteroatoms. The van der Waals surface area contributed by atoms with E-state index in [0.717, 1.165) is 21.8 Å². The minimum absolute atomic E-state index is 0.943. The van der Waals surface area contributed by atoms with E-state index in [-0.39, 0.29) is 0 Å². The number of rotatable bonds is 4. The molecule has 2 aromatic heterocycles. The molecule has 0 spiro atoms. The smallest absolute Gasteiger partial charge is 0.0971 e. The Kier molecular flexibility index (Phi) is 6.39. The first-order valence-electron chi connectivity index (χ1n) is 16.6. The third kappa shape index (κ3) is 4.62. The number of benzene rings is 8. The van der Waals surface area contributed by atoms with Crippen molar-refractivity contribution in [3.8, 4) is 44.5 Å². The van der Waals surface area contributed by atoms with Crippen molar-refractivity contribution < 1.29 is 0 Å². The summed E-state index contributed by atoms with van der Waals surface area (Å²) in [6.45, 7) is 0. The van der Waals surface area contributed by atoms with E-state index >= 15 is 0 Å². The number of hydrogen-bond donors (Lipinski definition) is 0. The molecule has 8 aromatic carbocycles. The molecular weight excluding hydrogens is 613 g/mol. The summed E-state index contributed by atoms with van der Waals surface area (Å²) < 4.78 is 2.68. The third-order valence-electron chi connectivity index (χ3n) is 9.77. The lowest BCUT2D eigenvalue weighted by atomic mass is 9.93. The first-order chi connectivity index (χ1) is 24.3. The zero-order chi connectivity index (χ0) is 32.3. The van der Waals surface area contributed by atoms with Gasteiger partial charge in [0.25, 0.3) is 0 Å². The molecule has 0 aliphatic rings. The largest absolute Gasteiger partial charge is 0.252 e. The summed E-state index contributed by atoms with van der Waals surface area (Å²) in [5.74, 6) is 0. The van der Waals surface area contributed by atoms with Gasteiger partial charge in [0.1, 0.15) is 0 Å². The molecule has 2 nitrogen and oxygen atoms in total. The van der Waals surface area contributed by atoms with E-state index in [2.05, 4.69) is 163 Å². The van der Waals surface area contributed by atoms with Crippen molar-refractivity contribution in [2.75, 3.05) is 0 Å². The Balaban J connectivity index is 1.00. The highest BCUT2D eigenvalue weighted by Crippen LogP contribution is 2.41. The molecule has 0 radical (unpaired) electrons. The monoisotopic (exact) mass is 640 g/mol. The van der Waals surface area contributed by atoms with Crippen LogP contribution in [0.15, 0.2) is 170 Å². The van der Waals surface area contributed by atoms with E-state index in [1.165, 1.54) is 75.5 Å². The Morgan fingerprint density at radius 3 is 1.55 bits per heavy atom. The lowest BCUT2D eigenvalue weighted by Crippen LogP contribution is -1.89. The van der Waals surface area contributed by atoms with Gasteiger partial charge in [0.2, 0.25) is 0 Å². The molecule has 0 saturated heterocycles. The van der Waals surface area contributed by atoms with Crippen molar-refractivity contribution in [2.45, 2.75) is 0 Å². The summed E-state index contributed by atoms with van der Waals surface area (Å²) >= 11 is 1.88. The van der Waals surface area contributed by atoms with Crippen LogP contribution in [0.1, 0.15) is 0 Å². The second-order valence-electron chi connectivity index (χ2n) is 12.6. The second kappa shape index (κ2) is 11.2. The molecule has 0 unspecified atom stereocenters. The van der Waals surface area contributed by atoms with Gasteiger partial charge in [-0.2, -0.15) is 0 Å². The molecule has 0 amide bonds. The van der Waals surface area contributed by atoms with Crippen molar-refractivity contribution in [3.05, 3.63) is 170 Å². The molecule has 0 saturated carbocycles. The van der Waals surface area contributed by atoms with Crippen molar-refractivity contribution in [3.63, 3.8) is 0 Å². The summed E-state index contributed by atoms with van der Waals surface area (Å²) in [5.41, 5.74) is 11.6. The van der Waals surface area contributed by atoms with Gasteiger partial charge in [-0.05, 0) is 79.5 Å². The average Bonchev–Trinajstić information content (AvgIpc) is 3.57. The van der Waals surface area contributed by atoms with Gasteiger partial charge in [-0.1, -0.05) is 133 Å². The second-order valence-corrected chi connectivity index (χ2v) is 13.6. The van der Waals surface area contributed by atoms with Gasteiger partial charge in [-0.3, -0.25) is 9.97 Å². The molecule has 49 heavy (non-hydrogen) atoms. The third-order valence-corrected chi connectivity index (χ3v) is 11.0. The highest BCUT2D eigenvalue weighted by molar-refractivity contribution is 7.26. The van der Waals surface area contributed by atoms with E-state index in [1.807, 2.05) is 11.3 Å². The molecule has 0 bridgehead atoms. The number of aromatic nitrogens is 2. The molecule has 0 N–H and O–H groups in total. The lowest BCUT2D eigenvalue weighted by Gasteiger charge is -2.12. The molecule has 0 fully saturated rings. The maximum Gasteiger partial charge on any atom is 0.0971 e. The van der Waals surface area contributed by atoms with Gasteiger partial charge in [0.05, 0.1) is 11.0 Å². The zero-order valence-corrected chi connectivity index (χ0v) is 27.3. The van der Waals surface area contributed by atoms with Gasteiger partial charge >= 0.3 is 0 Å². The fourth-order valence-electron chi connectivity index (χ4n) is 7.38. The summed E-state index contributed by atoms with van der Waals surface area (Å²) in [7, 11) is 0. The lowest BCUT2D eigenvalue weighted by molar-refractivity contribution is 1.31. The summed E-state index contributed by atoms with van der Waals surface area (Å²) in [6.07, 6.45) is 3.56. The summed E-state index contributed by atoms with van der Waals surface area (Å²) in [6, 6.07) is 57.4. The van der Waals surface area contributed by atoms with Gasteiger partial charge in [0, 0.05) is 43.3 Å². The van der Waals surface area contributed by atoms with E-state index in [0.29, 0.717) is 0 Å². The number of thiophene rings is 1. The van der Waals surface area contributed by atoms with Gasteiger partial charge in [-0.15, -0.1) is 11.3 Å². The Bertz CT molecular complexity index is 2850. The van der Waals surface area contributed by atoms with Crippen LogP contribution in [0.2, 0.25) is 0 Å². The Hall–Kier alpha value is -6.16. The molecule has 0 aliphatic carbocycles. The Morgan fingerprint density at radius 2 is 0.837 bits per heavy atom. The van der Waals surface area contributed by atoms with Crippen LogP contribution in [0.5, 0.6) is 0 Å². The minimum atomic E-state index is 0.943. The summed E-state index contributed by atoms with van der Waals surface area (Å²) in [5, 5.41) is 7.31. The SMILES string of the molecule is c1cc(-c2ccc(-c3cccc4c3sc3ccccc34)cc2)cc(-c2cccc(-c3ccc4c(c3)c3ccccc3c3nccnc43)c2)c1. The Labute approximate surface area is 287 Å². The van der Waals surface area contributed by atoms with Gasteiger partial charge in [0.15, 0.2) is 0 Å². The van der Waals surface area contributed by atoms with Crippen LogP contribution in [0.3, 0.4) is 0 Å². The summed E-state index contributed by atoms with van der Waals surface area (Å²) in [4.78, 5) is 9.42. The van der Waals surface area contributed by atoms with Crippen LogP contribution >= 0.6 is 11.3 Å². The minimum Gasteiger partial charge on any atom is -0.252 e. The molecule has 10 aromatic rings. The van der Waals surface area contributed by atoms with Crippen LogP contribution < -0.4 is 0 Å². The maximum absolute atomic E-state index is 4.73. The predicted molar refractivity (Wildman–Crippen MR) is 209 cm³/mol. The van der Waals surface area contributed by atoms with Crippen LogP contribution in [-0.2, 0) is 0 Å². The fraction of sp³-hybridized carbons (Fsp3) is 0. The highest BCUT2D eigenvalue weighted by atomic mass is 32.1. The van der Waals surface area contributed by atoms with E-state index in [4.69, 9.17) is 4.98 Å². The fourth-order valence-corrected chi connectivity index (χ4v) is 8.62. The van der Waals surface area contributed by atoms with Crippen LogP contribution in [-0.4, -0.2) is 9.97 Å². The molecule has 2 heterocycles. The quantitative estimate of drug-likeness (QED) is 0.179. The van der Waals surface area contributed by atoms with Gasteiger partial charge < -0.3 is 0 Å². The van der Waals surface area contributed by atoms with Crippen LogP contribution in [0.25, 0.3) is 97.3 Å². The number of fused-ring (bicyclic) bond motifs is 9. The predicted octanol–water partition coefficient (Wildman–Crippen LogP) is 13.0. The van der Waals surface area contributed by atoms with Crippen molar-refractivity contribution in [2.24, 2.45) is 0 Å². The van der Waals surface area contributed by atoms with E-state index in [1.54, 1.807) is 12.4 Å². The van der Waals surface area contributed by atoms with Crippen LogP contribution in [0, 0.1) is 0 Å². The zero-order valence-electron chi connectivity index (χ0n) is 26.5. The topological polar surface area (TPSA) is 25.8 Å². The molecule has 10 rings (SSSR count). The van der Waals surface area contributed by atoms with Crippen molar-refractivity contribution in [1.29, 1.82) is 0 Å². The molecule has 0 atom stereocenters. The van der Waals surface area contributed by atoms with Gasteiger partial charge in [-0.25, -0.2) is 0 Å². The average molecular weight is 641 g/mol. The molecule has 228 valence electrons. The van der Waals surface area contributed by atoms with E-state index < -0.39 is 0 Å². The van der Waals surface area contributed by atoms with Crippen LogP contribution in [0.4, 0.5) is 0 Å². The standard InChI is InChI=1S/C46H28N2S/c1-2-14-39-37(12-1)42-28-35(22-23-40(42)45-44(39)47-24-25-48-45)34-11-6-10-33(27-34)32-9-5-8-31(26-32)29-18-20-30(21-19-29)36-15-7-16-41-38-13-3-4-17-43(38)49-46(36)41/h1-28H. The normalized spacial score (nSPS) is 11.7. The number of hydrogen-bond acceptors (Lipinski definition) is 3. The highest BCUT2D eigenvalue weighted by Gasteiger charge is 2.13. The van der Waals surface area contributed by atoms with Crippen molar-refractivity contribution in [1.82, 2.24) is 9.97 Å².